The van der Waals surface area contributed by atoms with Crippen molar-refractivity contribution in [1.29, 1.82) is 0 Å². The lowest BCUT2D eigenvalue weighted by Crippen LogP contribution is -2.52. The topological polar surface area (TPSA) is 64.2 Å². The van der Waals surface area contributed by atoms with Crippen LogP contribution in [-0.2, 0) is 9.59 Å². The number of imide groups is 2. The highest BCUT2D eigenvalue weighted by atomic mass is 16.2. The van der Waals surface area contributed by atoms with E-state index < -0.39 is 17.8 Å². The van der Waals surface area contributed by atoms with E-state index in [0.29, 0.717) is 13.1 Å². The van der Waals surface area contributed by atoms with E-state index in [2.05, 4.69) is 53.4 Å². The van der Waals surface area contributed by atoms with Crippen LogP contribution in [0.5, 0.6) is 0 Å². The van der Waals surface area contributed by atoms with E-state index in [4.69, 9.17) is 0 Å². The summed E-state index contributed by atoms with van der Waals surface area (Å²) in [5, 5.41) is 0. The van der Waals surface area contributed by atoms with Crippen molar-refractivity contribution in [3.8, 4) is 0 Å². The van der Waals surface area contributed by atoms with Gasteiger partial charge in [-0.15, -0.1) is 0 Å². The van der Waals surface area contributed by atoms with E-state index in [9.17, 15) is 14.4 Å². The fourth-order valence-corrected chi connectivity index (χ4v) is 3.99. The molecular weight excluding hydrogens is 368 g/mol. The van der Waals surface area contributed by atoms with Gasteiger partial charge in [0.2, 0.25) is 0 Å². The van der Waals surface area contributed by atoms with E-state index in [-0.39, 0.29) is 12.7 Å². The predicted molar refractivity (Wildman–Crippen MR) is 108 cm³/mol. The Morgan fingerprint density at radius 2 is 1.28 bits per heavy atom. The summed E-state index contributed by atoms with van der Waals surface area (Å²) in [6.07, 6.45) is 0. The zero-order valence-electron chi connectivity index (χ0n) is 16.4. The molecule has 0 bridgehead atoms. The van der Waals surface area contributed by atoms with Gasteiger partial charge in [-0.3, -0.25) is 24.3 Å². The number of nitrogens with zero attached hydrogens (tertiary/aromatic N) is 4. The number of benzene rings is 2. The van der Waals surface area contributed by atoms with Crippen molar-refractivity contribution in [1.82, 2.24) is 19.6 Å². The van der Waals surface area contributed by atoms with Crippen LogP contribution in [0.1, 0.15) is 17.2 Å². The molecule has 7 nitrogen and oxygen atoms in total. The zero-order chi connectivity index (χ0) is 20.4. The van der Waals surface area contributed by atoms with Crippen LogP contribution in [0, 0.1) is 0 Å². The molecule has 2 heterocycles. The minimum absolute atomic E-state index is 0.155. The van der Waals surface area contributed by atoms with E-state index in [1.165, 1.54) is 18.2 Å². The normalized spacial score (nSPS) is 18.9. The molecular formula is C22H24N4O3. The number of piperazine rings is 1. The highest BCUT2D eigenvalue weighted by Gasteiger charge is 2.43. The van der Waals surface area contributed by atoms with Crippen LogP contribution in [0.2, 0.25) is 0 Å². The van der Waals surface area contributed by atoms with E-state index in [1.807, 2.05) is 17.0 Å². The van der Waals surface area contributed by atoms with Gasteiger partial charge in [-0.1, -0.05) is 60.7 Å². The molecule has 4 amide bonds. The van der Waals surface area contributed by atoms with Crippen LogP contribution < -0.4 is 0 Å². The first-order chi connectivity index (χ1) is 14.1. The molecule has 0 radical (unpaired) electrons. The molecule has 7 heteroatoms. The fraction of sp³-hybridized carbons (Fsp3) is 0.318. The van der Waals surface area contributed by atoms with E-state index >= 15 is 0 Å². The first-order valence-electron chi connectivity index (χ1n) is 9.76. The molecule has 2 saturated heterocycles. The molecule has 150 valence electrons. The lowest BCUT2D eigenvalue weighted by Gasteiger charge is -2.40. The van der Waals surface area contributed by atoms with Crippen molar-refractivity contribution in [2.24, 2.45) is 0 Å². The Bertz CT molecular complexity index is 855. The molecule has 0 spiro atoms. The second kappa shape index (κ2) is 8.14. The molecule has 0 aromatic heterocycles. The molecule has 0 N–H and O–H groups in total. The molecule has 2 aliphatic rings. The Morgan fingerprint density at radius 1 is 0.759 bits per heavy atom. The van der Waals surface area contributed by atoms with Crippen LogP contribution in [0.4, 0.5) is 4.79 Å². The van der Waals surface area contributed by atoms with Gasteiger partial charge >= 0.3 is 17.8 Å². The number of hydrogen-bond acceptors (Lipinski definition) is 5. The van der Waals surface area contributed by atoms with Gasteiger partial charge in [0, 0.05) is 33.2 Å². The van der Waals surface area contributed by atoms with Crippen molar-refractivity contribution in [2.45, 2.75) is 6.04 Å². The van der Waals surface area contributed by atoms with Crippen molar-refractivity contribution < 1.29 is 14.4 Å². The third kappa shape index (κ3) is 3.79. The monoisotopic (exact) mass is 392 g/mol. The van der Waals surface area contributed by atoms with Crippen LogP contribution in [0.15, 0.2) is 60.7 Å². The number of rotatable bonds is 5. The van der Waals surface area contributed by atoms with Crippen LogP contribution in [0.3, 0.4) is 0 Å². The van der Waals surface area contributed by atoms with Crippen molar-refractivity contribution in [3.05, 3.63) is 71.8 Å². The quantitative estimate of drug-likeness (QED) is 0.573. The van der Waals surface area contributed by atoms with E-state index in [1.54, 1.807) is 0 Å². The maximum absolute atomic E-state index is 12.1. The Labute approximate surface area is 170 Å². The van der Waals surface area contributed by atoms with Gasteiger partial charge in [0.1, 0.15) is 0 Å². The molecule has 29 heavy (non-hydrogen) atoms. The minimum atomic E-state index is -0.762. The first kappa shape index (κ1) is 19.3. The van der Waals surface area contributed by atoms with Crippen LogP contribution in [0.25, 0.3) is 0 Å². The molecule has 2 aliphatic heterocycles. The van der Waals surface area contributed by atoms with Gasteiger partial charge in [0.25, 0.3) is 0 Å². The third-order valence-electron chi connectivity index (χ3n) is 5.59. The summed E-state index contributed by atoms with van der Waals surface area (Å²) in [6.45, 7) is 3.18. The zero-order valence-corrected chi connectivity index (χ0v) is 16.4. The van der Waals surface area contributed by atoms with E-state index in [0.717, 1.165) is 22.9 Å². The van der Waals surface area contributed by atoms with Crippen molar-refractivity contribution >= 4 is 17.8 Å². The Hall–Kier alpha value is -3.03. The second-order valence-electron chi connectivity index (χ2n) is 7.40. The maximum Gasteiger partial charge on any atom is 0.335 e. The lowest BCUT2D eigenvalue weighted by atomic mass is 9.96. The summed E-state index contributed by atoms with van der Waals surface area (Å²) >= 11 is 0. The van der Waals surface area contributed by atoms with Gasteiger partial charge in [-0.05, 0) is 11.1 Å². The second-order valence-corrected chi connectivity index (χ2v) is 7.40. The molecule has 0 saturated carbocycles. The molecule has 2 aromatic rings. The van der Waals surface area contributed by atoms with Crippen molar-refractivity contribution in [3.63, 3.8) is 0 Å². The summed E-state index contributed by atoms with van der Waals surface area (Å²) in [4.78, 5) is 42.2. The SMILES string of the molecule is CN1C(=O)C(=O)N(CN2CCN(C(c3ccccc3)c3ccccc3)CC2)C1=O. The molecule has 2 aromatic carbocycles. The molecule has 0 atom stereocenters. The largest absolute Gasteiger partial charge is 0.335 e. The molecule has 2 fully saturated rings. The summed E-state index contributed by atoms with van der Waals surface area (Å²) in [7, 11) is 1.34. The lowest BCUT2D eigenvalue weighted by molar-refractivity contribution is -0.143. The van der Waals surface area contributed by atoms with Gasteiger partial charge < -0.3 is 0 Å². The van der Waals surface area contributed by atoms with Gasteiger partial charge in [-0.25, -0.2) is 9.69 Å². The summed E-state index contributed by atoms with van der Waals surface area (Å²) in [6, 6.07) is 20.5. The summed E-state index contributed by atoms with van der Waals surface area (Å²) < 4.78 is 0. The number of carbonyl (C=O) groups is 3. The Morgan fingerprint density at radius 3 is 1.72 bits per heavy atom. The Kier molecular flexibility index (Phi) is 5.42. The predicted octanol–water partition coefficient (Wildman–Crippen LogP) is 1.77. The average Bonchev–Trinajstić information content (AvgIpc) is 2.94. The standard InChI is InChI=1S/C22H24N4O3/c1-23-20(27)21(28)26(22(23)29)16-24-12-14-25(15-13-24)19(17-8-4-2-5-9-17)18-10-6-3-7-11-18/h2-11,19H,12-16H2,1H3. The van der Waals surface area contributed by atoms with Gasteiger partial charge in [0.15, 0.2) is 0 Å². The minimum Gasteiger partial charge on any atom is -0.290 e. The average molecular weight is 392 g/mol. The van der Waals surface area contributed by atoms with Crippen molar-refractivity contribution in [2.75, 3.05) is 39.9 Å². The highest BCUT2D eigenvalue weighted by Crippen LogP contribution is 2.29. The third-order valence-corrected chi connectivity index (χ3v) is 5.59. The molecule has 4 rings (SSSR count). The number of urea groups is 1. The fourth-order valence-electron chi connectivity index (χ4n) is 3.99. The number of carbonyl (C=O) groups excluding carboxylic acids is 3. The Balaban J connectivity index is 1.46. The number of hydrogen-bond donors (Lipinski definition) is 0. The highest BCUT2D eigenvalue weighted by molar-refractivity contribution is 6.44. The molecule has 0 aliphatic carbocycles. The number of likely N-dealkylation sites (N-methyl/N-ethyl adjacent to an activating group) is 1. The number of amides is 4. The van der Waals surface area contributed by atoms with Gasteiger partial charge in [0.05, 0.1) is 12.7 Å². The smallest absolute Gasteiger partial charge is 0.290 e. The first-order valence-corrected chi connectivity index (χ1v) is 9.76. The molecule has 0 unspecified atom stereocenters. The maximum atomic E-state index is 12.1. The van der Waals surface area contributed by atoms with Crippen LogP contribution >= 0.6 is 0 Å². The summed E-state index contributed by atoms with van der Waals surface area (Å²) in [5.74, 6) is -1.51. The van der Waals surface area contributed by atoms with Gasteiger partial charge in [-0.2, -0.15) is 0 Å². The van der Waals surface area contributed by atoms with Crippen LogP contribution in [-0.4, -0.2) is 77.3 Å². The summed E-state index contributed by atoms with van der Waals surface area (Å²) in [5.41, 5.74) is 2.48.